The summed E-state index contributed by atoms with van der Waals surface area (Å²) < 4.78 is 0. The molecule has 0 aliphatic carbocycles. The summed E-state index contributed by atoms with van der Waals surface area (Å²) in [6, 6.07) is -0.176. The second-order valence-corrected chi connectivity index (χ2v) is 4.87. The fraction of sp³-hybridized carbons (Fsp3) is 0.889. The molecule has 1 aliphatic rings. The second kappa shape index (κ2) is 6.14. The number of thioether (sulfide) groups is 1. The van der Waals surface area contributed by atoms with Gasteiger partial charge < -0.3 is 15.7 Å². The van der Waals surface area contributed by atoms with Crippen molar-refractivity contribution in [3.05, 3.63) is 0 Å². The van der Waals surface area contributed by atoms with E-state index in [4.69, 9.17) is 5.11 Å². The van der Waals surface area contributed by atoms with Gasteiger partial charge in [-0.05, 0) is 31.9 Å². The quantitative estimate of drug-likeness (QED) is 0.660. The van der Waals surface area contributed by atoms with Crippen LogP contribution in [-0.2, 0) is 0 Å². The molecule has 14 heavy (non-hydrogen) atoms. The average molecular weight is 218 g/mol. The Bertz CT molecular complexity index is 182. The molecular formula is C9H18N2O2S. The van der Waals surface area contributed by atoms with Crippen molar-refractivity contribution in [1.29, 1.82) is 0 Å². The van der Waals surface area contributed by atoms with Crippen LogP contribution in [0.2, 0.25) is 0 Å². The number of hydrogen-bond donors (Lipinski definition) is 3. The first-order valence-corrected chi connectivity index (χ1v) is 6.07. The normalized spacial score (nSPS) is 24.0. The number of aliphatic hydroxyl groups is 1. The largest absolute Gasteiger partial charge is 0.392 e. The van der Waals surface area contributed by atoms with Crippen LogP contribution in [0.4, 0.5) is 4.79 Å². The van der Waals surface area contributed by atoms with E-state index in [0.717, 1.165) is 12.2 Å². The van der Waals surface area contributed by atoms with Gasteiger partial charge in [0.1, 0.15) is 0 Å². The fourth-order valence-electron chi connectivity index (χ4n) is 1.29. The number of carbonyl (C=O) groups is 1. The van der Waals surface area contributed by atoms with Crippen LogP contribution in [0.15, 0.2) is 0 Å². The van der Waals surface area contributed by atoms with Gasteiger partial charge in [0.15, 0.2) is 0 Å². The summed E-state index contributed by atoms with van der Waals surface area (Å²) in [6.07, 6.45) is 3.00. The molecule has 0 aromatic heterocycles. The molecule has 1 fully saturated rings. The minimum atomic E-state index is -0.486. The Morgan fingerprint density at radius 1 is 1.64 bits per heavy atom. The zero-order chi connectivity index (χ0) is 10.4. The van der Waals surface area contributed by atoms with Gasteiger partial charge in [0.05, 0.1) is 11.5 Å². The Hall–Kier alpha value is -0.420. The van der Waals surface area contributed by atoms with E-state index in [1.54, 1.807) is 18.7 Å². The number of nitrogens with one attached hydrogen (secondary N) is 2. The second-order valence-electron chi connectivity index (χ2n) is 3.56. The number of amides is 2. The minimum Gasteiger partial charge on any atom is -0.392 e. The van der Waals surface area contributed by atoms with Gasteiger partial charge in [-0.3, -0.25) is 0 Å². The molecule has 1 heterocycles. The van der Waals surface area contributed by atoms with Crippen molar-refractivity contribution < 1.29 is 9.90 Å². The van der Waals surface area contributed by atoms with Crippen molar-refractivity contribution in [3.63, 3.8) is 0 Å². The van der Waals surface area contributed by atoms with Gasteiger partial charge in [-0.1, -0.05) is 0 Å². The zero-order valence-electron chi connectivity index (χ0n) is 8.45. The lowest BCUT2D eigenvalue weighted by Gasteiger charge is -2.22. The SMILES string of the molecule is CC(O)CNC(=O)NC1CCCCS1. The first-order chi connectivity index (χ1) is 6.68. The maximum atomic E-state index is 11.3. The van der Waals surface area contributed by atoms with Gasteiger partial charge in [-0.25, -0.2) is 4.79 Å². The summed E-state index contributed by atoms with van der Waals surface area (Å²) in [5.74, 6) is 1.13. The highest BCUT2D eigenvalue weighted by Crippen LogP contribution is 2.22. The topological polar surface area (TPSA) is 61.4 Å². The van der Waals surface area contributed by atoms with Gasteiger partial charge in [0, 0.05) is 6.54 Å². The zero-order valence-corrected chi connectivity index (χ0v) is 9.27. The van der Waals surface area contributed by atoms with Crippen molar-refractivity contribution in [3.8, 4) is 0 Å². The van der Waals surface area contributed by atoms with Crippen molar-refractivity contribution in [2.24, 2.45) is 0 Å². The van der Waals surface area contributed by atoms with Crippen molar-refractivity contribution >= 4 is 17.8 Å². The molecule has 2 unspecified atom stereocenters. The third kappa shape index (κ3) is 4.72. The molecule has 82 valence electrons. The van der Waals surface area contributed by atoms with Gasteiger partial charge in [0.2, 0.25) is 0 Å². The maximum absolute atomic E-state index is 11.3. The summed E-state index contributed by atoms with van der Waals surface area (Å²) in [5, 5.41) is 14.7. The summed E-state index contributed by atoms with van der Waals surface area (Å²) in [6.45, 7) is 1.96. The number of urea groups is 1. The standard InChI is InChI=1S/C9H18N2O2S/c1-7(12)6-10-9(13)11-8-4-2-3-5-14-8/h7-8,12H,2-6H2,1H3,(H2,10,11,13). The lowest BCUT2D eigenvalue weighted by molar-refractivity contribution is 0.187. The fourth-order valence-corrected chi connectivity index (χ4v) is 2.47. The Kier molecular flexibility index (Phi) is 5.11. The maximum Gasteiger partial charge on any atom is 0.315 e. The average Bonchev–Trinajstić information content (AvgIpc) is 2.16. The van der Waals surface area contributed by atoms with E-state index in [2.05, 4.69) is 10.6 Å². The molecule has 3 N–H and O–H groups in total. The molecule has 0 bridgehead atoms. The highest BCUT2D eigenvalue weighted by Gasteiger charge is 2.15. The lowest BCUT2D eigenvalue weighted by atomic mass is 10.2. The molecule has 0 radical (unpaired) electrons. The van der Waals surface area contributed by atoms with E-state index in [1.165, 1.54) is 12.8 Å². The molecule has 0 spiro atoms. The van der Waals surface area contributed by atoms with Crippen LogP contribution in [-0.4, -0.2) is 34.9 Å². The Balaban J connectivity index is 2.12. The van der Waals surface area contributed by atoms with Gasteiger partial charge in [0.25, 0.3) is 0 Å². The van der Waals surface area contributed by atoms with E-state index in [1.807, 2.05) is 0 Å². The van der Waals surface area contributed by atoms with Crippen LogP contribution < -0.4 is 10.6 Å². The number of carbonyl (C=O) groups excluding carboxylic acids is 1. The Labute approximate surface area is 88.8 Å². The number of aliphatic hydroxyl groups excluding tert-OH is 1. The van der Waals surface area contributed by atoms with Crippen LogP contribution in [0.3, 0.4) is 0 Å². The van der Waals surface area contributed by atoms with Crippen molar-refractivity contribution in [2.75, 3.05) is 12.3 Å². The minimum absolute atomic E-state index is 0.176. The molecule has 1 aliphatic heterocycles. The van der Waals surface area contributed by atoms with Crippen molar-refractivity contribution in [1.82, 2.24) is 10.6 Å². The summed E-state index contributed by atoms with van der Waals surface area (Å²) in [5.41, 5.74) is 0. The Morgan fingerprint density at radius 3 is 3.00 bits per heavy atom. The van der Waals surface area contributed by atoms with Crippen LogP contribution in [0.1, 0.15) is 26.2 Å². The molecule has 5 heteroatoms. The molecule has 1 rings (SSSR count). The highest BCUT2D eigenvalue weighted by atomic mass is 32.2. The van der Waals surface area contributed by atoms with Gasteiger partial charge >= 0.3 is 6.03 Å². The van der Waals surface area contributed by atoms with Gasteiger partial charge in [-0.2, -0.15) is 0 Å². The van der Waals surface area contributed by atoms with E-state index < -0.39 is 6.10 Å². The summed E-state index contributed by atoms with van der Waals surface area (Å²) in [7, 11) is 0. The molecule has 1 saturated heterocycles. The molecular weight excluding hydrogens is 200 g/mol. The predicted molar refractivity (Wildman–Crippen MR) is 58.3 cm³/mol. The number of rotatable bonds is 3. The third-order valence-corrected chi connectivity index (χ3v) is 3.31. The molecule has 0 aromatic rings. The first kappa shape index (κ1) is 11.7. The summed E-state index contributed by atoms with van der Waals surface area (Å²) in [4.78, 5) is 11.3. The molecule has 0 saturated carbocycles. The van der Waals surface area contributed by atoms with Crippen LogP contribution in [0.25, 0.3) is 0 Å². The van der Waals surface area contributed by atoms with Crippen molar-refractivity contribution in [2.45, 2.75) is 37.7 Å². The number of hydrogen-bond acceptors (Lipinski definition) is 3. The Morgan fingerprint density at radius 2 is 2.43 bits per heavy atom. The predicted octanol–water partition coefficient (Wildman–Crippen LogP) is 0.910. The molecule has 2 amide bonds. The monoisotopic (exact) mass is 218 g/mol. The van der Waals surface area contributed by atoms with E-state index >= 15 is 0 Å². The van der Waals surface area contributed by atoms with Crippen LogP contribution in [0.5, 0.6) is 0 Å². The molecule has 4 nitrogen and oxygen atoms in total. The van der Waals surface area contributed by atoms with E-state index in [0.29, 0.717) is 6.54 Å². The van der Waals surface area contributed by atoms with Crippen LogP contribution >= 0.6 is 11.8 Å². The lowest BCUT2D eigenvalue weighted by Crippen LogP contribution is -2.43. The summed E-state index contributed by atoms with van der Waals surface area (Å²) >= 11 is 1.79. The molecule has 0 aromatic carbocycles. The van der Waals surface area contributed by atoms with Crippen LogP contribution in [0, 0.1) is 0 Å². The third-order valence-electron chi connectivity index (χ3n) is 2.03. The van der Waals surface area contributed by atoms with E-state index in [-0.39, 0.29) is 11.4 Å². The highest BCUT2D eigenvalue weighted by molar-refractivity contribution is 7.99. The first-order valence-electron chi connectivity index (χ1n) is 5.02. The smallest absolute Gasteiger partial charge is 0.315 e. The van der Waals surface area contributed by atoms with Gasteiger partial charge in [-0.15, -0.1) is 11.8 Å². The molecule has 2 atom stereocenters. The van der Waals surface area contributed by atoms with E-state index in [9.17, 15) is 4.79 Å².